The topological polar surface area (TPSA) is 57.4 Å². The summed E-state index contributed by atoms with van der Waals surface area (Å²) in [7, 11) is 0. The molecule has 2 N–H and O–H groups in total. The van der Waals surface area contributed by atoms with Crippen molar-refractivity contribution in [3.05, 3.63) is 47.5 Å². The van der Waals surface area contributed by atoms with Gasteiger partial charge in [0.2, 0.25) is 0 Å². The summed E-state index contributed by atoms with van der Waals surface area (Å²) in [5.41, 5.74) is 7.49. The number of benzene rings is 2. The van der Waals surface area contributed by atoms with Gasteiger partial charge in [-0.15, -0.1) is 11.3 Å². The minimum atomic E-state index is -0.163. The Morgan fingerprint density at radius 2 is 2.00 bits per heavy atom. The number of aromatic nitrogens is 1. The van der Waals surface area contributed by atoms with Crippen LogP contribution in [0.1, 0.15) is 11.1 Å². The molecule has 1 unspecified atom stereocenters. The molecule has 0 radical (unpaired) electrons. The third kappa shape index (κ3) is 1.87. The van der Waals surface area contributed by atoms with E-state index < -0.39 is 0 Å². The molecule has 0 saturated heterocycles. The van der Waals surface area contributed by atoms with Gasteiger partial charge in [-0.1, -0.05) is 12.1 Å². The van der Waals surface area contributed by atoms with Crippen LogP contribution in [0.3, 0.4) is 0 Å². The molecule has 0 fully saturated rings. The van der Waals surface area contributed by atoms with Crippen LogP contribution in [0.4, 0.5) is 5.69 Å². The smallest absolute Gasteiger partial charge is 0.184 e. The van der Waals surface area contributed by atoms with Gasteiger partial charge in [-0.25, -0.2) is 4.98 Å². The lowest BCUT2D eigenvalue weighted by Gasteiger charge is -2.24. The van der Waals surface area contributed by atoms with E-state index in [2.05, 4.69) is 4.98 Å². The SMILES string of the molecule is Nc1ccc2nc(C3COc4ccccc4O3)sc2c1. The Labute approximate surface area is 119 Å². The molecule has 20 heavy (non-hydrogen) atoms. The van der Waals surface area contributed by atoms with Crippen molar-refractivity contribution in [2.24, 2.45) is 0 Å². The largest absolute Gasteiger partial charge is 0.485 e. The maximum absolute atomic E-state index is 5.97. The molecule has 3 aromatic rings. The van der Waals surface area contributed by atoms with Crippen molar-refractivity contribution >= 4 is 27.2 Å². The molecule has 1 aliphatic rings. The highest BCUT2D eigenvalue weighted by Crippen LogP contribution is 2.38. The molecule has 1 aliphatic heterocycles. The Morgan fingerprint density at radius 1 is 1.15 bits per heavy atom. The summed E-state index contributed by atoms with van der Waals surface area (Å²) in [6.45, 7) is 0.478. The van der Waals surface area contributed by atoms with Crippen molar-refractivity contribution in [2.45, 2.75) is 6.10 Å². The van der Waals surface area contributed by atoms with Crippen molar-refractivity contribution in [1.82, 2.24) is 4.98 Å². The van der Waals surface area contributed by atoms with Gasteiger partial charge in [0, 0.05) is 5.69 Å². The molecular weight excluding hydrogens is 272 g/mol. The van der Waals surface area contributed by atoms with Crippen molar-refractivity contribution in [1.29, 1.82) is 0 Å². The first kappa shape index (κ1) is 11.5. The quantitative estimate of drug-likeness (QED) is 0.696. The fraction of sp³-hybridized carbons (Fsp3) is 0.133. The van der Waals surface area contributed by atoms with Gasteiger partial charge in [0.05, 0.1) is 10.2 Å². The van der Waals surface area contributed by atoms with Crippen LogP contribution in [0.5, 0.6) is 11.5 Å². The Bertz CT molecular complexity index is 784. The Kier molecular flexibility index (Phi) is 2.53. The molecule has 0 saturated carbocycles. The van der Waals surface area contributed by atoms with Crippen LogP contribution in [0.2, 0.25) is 0 Å². The van der Waals surface area contributed by atoms with E-state index in [1.165, 1.54) is 0 Å². The second-order valence-electron chi connectivity index (χ2n) is 4.64. The molecule has 1 aromatic heterocycles. The van der Waals surface area contributed by atoms with E-state index in [-0.39, 0.29) is 6.10 Å². The van der Waals surface area contributed by atoms with Crippen LogP contribution in [-0.4, -0.2) is 11.6 Å². The van der Waals surface area contributed by atoms with E-state index in [0.29, 0.717) is 6.61 Å². The summed E-state index contributed by atoms with van der Waals surface area (Å²) in [5.74, 6) is 1.55. The van der Waals surface area contributed by atoms with Crippen molar-refractivity contribution in [3.8, 4) is 11.5 Å². The molecule has 4 nitrogen and oxygen atoms in total. The molecule has 4 rings (SSSR count). The van der Waals surface area contributed by atoms with Gasteiger partial charge in [-0.2, -0.15) is 0 Å². The molecule has 5 heteroatoms. The Hall–Kier alpha value is -2.27. The first-order chi connectivity index (χ1) is 9.79. The van der Waals surface area contributed by atoms with E-state index in [1.807, 2.05) is 42.5 Å². The van der Waals surface area contributed by atoms with Crippen LogP contribution >= 0.6 is 11.3 Å². The molecule has 2 heterocycles. The molecule has 1 atom stereocenters. The third-order valence-corrected chi connectivity index (χ3v) is 4.32. The summed E-state index contributed by atoms with van der Waals surface area (Å²) in [5, 5.41) is 0.917. The standard InChI is InChI=1S/C15H12N2O2S/c16-9-5-6-10-14(7-9)20-15(17-10)13-8-18-11-3-1-2-4-12(11)19-13/h1-7,13H,8,16H2. The molecular formula is C15H12N2O2S. The predicted molar refractivity (Wildman–Crippen MR) is 79.3 cm³/mol. The Morgan fingerprint density at radius 3 is 2.90 bits per heavy atom. The van der Waals surface area contributed by atoms with Crippen LogP contribution in [-0.2, 0) is 0 Å². The van der Waals surface area contributed by atoms with Gasteiger partial charge in [-0.05, 0) is 30.3 Å². The first-order valence-electron chi connectivity index (χ1n) is 6.34. The van der Waals surface area contributed by atoms with Crippen LogP contribution in [0.15, 0.2) is 42.5 Å². The fourth-order valence-corrected chi connectivity index (χ4v) is 3.27. The van der Waals surface area contributed by atoms with Gasteiger partial charge < -0.3 is 15.2 Å². The number of anilines is 1. The van der Waals surface area contributed by atoms with Gasteiger partial charge in [0.15, 0.2) is 17.6 Å². The average molecular weight is 284 g/mol. The fourth-order valence-electron chi connectivity index (χ4n) is 2.24. The van der Waals surface area contributed by atoms with Gasteiger partial charge >= 0.3 is 0 Å². The van der Waals surface area contributed by atoms with Crippen LogP contribution in [0, 0.1) is 0 Å². The van der Waals surface area contributed by atoms with Gasteiger partial charge in [0.1, 0.15) is 11.6 Å². The number of hydrogen-bond acceptors (Lipinski definition) is 5. The third-order valence-electron chi connectivity index (χ3n) is 3.21. The second-order valence-corrected chi connectivity index (χ2v) is 5.71. The van der Waals surface area contributed by atoms with E-state index in [1.54, 1.807) is 11.3 Å². The summed E-state index contributed by atoms with van der Waals surface area (Å²) in [6, 6.07) is 13.4. The summed E-state index contributed by atoms with van der Waals surface area (Å²) in [6.07, 6.45) is -0.163. The van der Waals surface area contributed by atoms with E-state index in [9.17, 15) is 0 Å². The van der Waals surface area contributed by atoms with Gasteiger partial charge in [-0.3, -0.25) is 0 Å². The van der Waals surface area contributed by atoms with Crippen molar-refractivity contribution in [3.63, 3.8) is 0 Å². The monoisotopic (exact) mass is 284 g/mol. The predicted octanol–water partition coefficient (Wildman–Crippen LogP) is 3.39. The lowest BCUT2D eigenvalue weighted by molar-refractivity contribution is 0.0912. The molecule has 2 aromatic carbocycles. The maximum atomic E-state index is 5.97. The second kappa shape index (κ2) is 4.38. The summed E-state index contributed by atoms with van der Waals surface area (Å²) in [4.78, 5) is 4.61. The van der Waals surface area contributed by atoms with Crippen LogP contribution < -0.4 is 15.2 Å². The number of nitrogens with two attached hydrogens (primary N) is 1. The summed E-state index contributed by atoms with van der Waals surface area (Å²) < 4.78 is 12.8. The molecule has 0 spiro atoms. The molecule has 0 aliphatic carbocycles. The van der Waals surface area contributed by atoms with Crippen molar-refractivity contribution in [2.75, 3.05) is 12.3 Å². The lowest BCUT2D eigenvalue weighted by Crippen LogP contribution is -2.21. The van der Waals surface area contributed by atoms with E-state index >= 15 is 0 Å². The normalized spacial score (nSPS) is 17.3. The summed E-state index contributed by atoms with van der Waals surface area (Å²) >= 11 is 1.60. The molecule has 100 valence electrons. The molecule has 0 bridgehead atoms. The number of nitrogen functional groups attached to an aromatic ring is 1. The number of thiazole rings is 1. The van der Waals surface area contributed by atoms with E-state index in [0.717, 1.165) is 32.4 Å². The van der Waals surface area contributed by atoms with E-state index in [4.69, 9.17) is 15.2 Å². The average Bonchev–Trinajstić information content (AvgIpc) is 2.89. The van der Waals surface area contributed by atoms with Gasteiger partial charge in [0.25, 0.3) is 0 Å². The number of ether oxygens (including phenoxy) is 2. The highest BCUT2D eigenvalue weighted by molar-refractivity contribution is 7.18. The van der Waals surface area contributed by atoms with Crippen LogP contribution in [0.25, 0.3) is 10.2 Å². The first-order valence-corrected chi connectivity index (χ1v) is 7.16. The number of hydrogen-bond donors (Lipinski definition) is 1. The maximum Gasteiger partial charge on any atom is 0.184 e. The highest BCUT2D eigenvalue weighted by Gasteiger charge is 2.25. The zero-order chi connectivity index (χ0) is 13.5. The lowest BCUT2D eigenvalue weighted by atomic mass is 10.2. The number of para-hydroxylation sites is 2. The zero-order valence-corrected chi connectivity index (χ0v) is 11.4. The minimum Gasteiger partial charge on any atom is -0.485 e. The number of rotatable bonds is 1. The van der Waals surface area contributed by atoms with Crippen molar-refractivity contribution < 1.29 is 9.47 Å². The Balaban J connectivity index is 1.70. The highest BCUT2D eigenvalue weighted by atomic mass is 32.1. The molecule has 0 amide bonds. The number of nitrogens with zero attached hydrogens (tertiary/aromatic N) is 1. The number of fused-ring (bicyclic) bond motifs is 2. The minimum absolute atomic E-state index is 0.163. The zero-order valence-electron chi connectivity index (χ0n) is 10.6.